The molecule has 0 aromatic carbocycles. The largest absolute Gasteiger partial charge is 0.303 e. The first-order chi connectivity index (χ1) is 6.18. The summed E-state index contributed by atoms with van der Waals surface area (Å²) >= 11 is 0. The van der Waals surface area contributed by atoms with Crippen molar-refractivity contribution in [2.24, 2.45) is 0 Å². The van der Waals surface area contributed by atoms with Crippen LogP contribution < -0.4 is 0 Å². The number of nitrogens with zero attached hydrogens (tertiary/aromatic N) is 2. The highest BCUT2D eigenvalue weighted by molar-refractivity contribution is 5.10. The summed E-state index contributed by atoms with van der Waals surface area (Å²) in [6.45, 7) is 12.1. The highest BCUT2D eigenvalue weighted by Crippen LogP contribution is 2.43. The Morgan fingerprint density at radius 3 is 2.23 bits per heavy atom. The molecule has 13 heavy (non-hydrogen) atoms. The first-order valence-corrected chi connectivity index (χ1v) is 5.67. The van der Waals surface area contributed by atoms with Crippen LogP contribution in [0, 0.1) is 0 Å². The SMILES string of the molecule is CCN1CCC2(CC1)CN2C(C)C. The van der Waals surface area contributed by atoms with E-state index in [0.717, 1.165) is 6.04 Å². The second-order valence-electron chi connectivity index (χ2n) is 4.88. The minimum atomic E-state index is 0.639. The van der Waals surface area contributed by atoms with E-state index in [-0.39, 0.29) is 0 Å². The Morgan fingerprint density at radius 2 is 1.85 bits per heavy atom. The van der Waals surface area contributed by atoms with Gasteiger partial charge in [0.15, 0.2) is 0 Å². The van der Waals surface area contributed by atoms with Crippen LogP contribution >= 0.6 is 0 Å². The topological polar surface area (TPSA) is 6.25 Å². The molecule has 2 nitrogen and oxygen atoms in total. The molecule has 0 N–H and O–H groups in total. The molecule has 2 aliphatic heterocycles. The Balaban J connectivity index is 1.86. The Kier molecular flexibility index (Phi) is 2.37. The zero-order valence-corrected chi connectivity index (χ0v) is 9.21. The standard InChI is InChI=1S/C11H22N2/c1-4-12-7-5-11(6-8-12)9-13(11)10(2)3/h10H,4-9H2,1-3H3. The summed E-state index contributed by atoms with van der Waals surface area (Å²) in [4.78, 5) is 5.24. The van der Waals surface area contributed by atoms with Crippen LogP contribution in [0.15, 0.2) is 0 Å². The molecular weight excluding hydrogens is 160 g/mol. The van der Waals surface area contributed by atoms with E-state index in [4.69, 9.17) is 0 Å². The monoisotopic (exact) mass is 182 g/mol. The van der Waals surface area contributed by atoms with E-state index in [1.807, 2.05) is 0 Å². The molecule has 0 amide bonds. The van der Waals surface area contributed by atoms with Crippen molar-refractivity contribution in [1.29, 1.82) is 0 Å². The van der Waals surface area contributed by atoms with E-state index < -0.39 is 0 Å². The lowest BCUT2D eigenvalue weighted by atomic mass is 9.96. The predicted molar refractivity (Wildman–Crippen MR) is 55.9 cm³/mol. The number of rotatable bonds is 2. The number of likely N-dealkylation sites (tertiary alicyclic amines) is 1. The van der Waals surface area contributed by atoms with Gasteiger partial charge in [-0.3, -0.25) is 4.90 Å². The van der Waals surface area contributed by atoms with Crippen molar-refractivity contribution in [2.75, 3.05) is 26.2 Å². The molecule has 76 valence electrons. The smallest absolute Gasteiger partial charge is 0.0364 e. The molecule has 1 unspecified atom stereocenters. The maximum Gasteiger partial charge on any atom is 0.0364 e. The molecular formula is C11H22N2. The zero-order chi connectivity index (χ0) is 9.47. The average Bonchev–Trinajstić information content (AvgIpc) is 2.82. The summed E-state index contributed by atoms with van der Waals surface area (Å²) in [5, 5.41) is 0. The van der Waals surface area contributed by atoms with Gasteiger partial charge in [-0.1, -0.05) is 6.92 Å². The quantitative estimate of drug-likeness (QED) is 0.598. The van der Waals surface area contributed by atoms with Crippen molar-refractivity contribution < 1.29 is 0 Å². The first-order valence-electron chi connectivity index (χ1n) is 5.67. The molecule has 2 heterocycles. The van der Waals surface area contributed by atoms with Crippen molar-refractivity contribution in [1.82, 2.24) is 9.80 Å². The summed E-state index contributed by atoms with van der Waals surface area (Å²) < 4.78 is 0. The number of hydrogen-bond acceptors (Lipinski definition) is 2. The van der Waals surface area contributed by atoms with E-state index >= 15 is 0 Å². The molecule has 0 aromatic heterocycles. The van der Waals surface area contributed by atoms with Gasteiger partial charge < -0.3 is 4.90 Å². The summed E-state index contributed by atoms with van der Waals surface area (Å²) in [5.74, 6) is 0. The minimum Gasteiger partial charge on any atom is -0.303 e. The summed E-state index contributed by atoms with van der Waals surface area (Å²) in [7, 11) is 0. The maximum atomic E-state index is 2.67. The van der Waals surface area contributed by atoms with Crippen LogP contribution in [0.25, 0.3) is 0 Å². The molecule has 2 rings (SSSR count). The average molecular weight is 182 g/mol. The van der Waals surface area contributed by atoms with Gasteiger partial charge in [-0.05, 0) is 46.3 Å². The van der Waals surface area contributed by atoms with E-state index in [1.165, 1.54) is 39.0 Å². The van der Waals surface area contributed by atoms with E-state index in [9.17, 15) is 0 Å². The van der Waals surface area contributed by atoms with Crippen LogP contribution in [0.4, 0.5) is 0 Å². The third-order valence-electron chi connectivity index (χ3n) is 3.83. The molecule has 0 aliphatic carbocycles. The van der Waals surface area contributed by atoms with Gasteiger partial charge in [0.25, 0.3) is 0 Å². The molecule has 2 fully saturated rings. The van der Waals surface area contributed by atoms with E-state index in [0.29, 0.717) is 5.54 Å². The molecule has 0 aromatic rings. The van der Waals surface area contributed by atoms with Gasteiger partial charge >= 0.3 is 0 Å². The van der Waals surface area contributed by atoms with Crippen LogP contribution in [0.1, 0.15) is 33.6 Å². The third-order valence-corrected chi connectivity index (χ3v) is 3.83. The Morgan fingerprint density at radius 1 is 1.23 bits per heavy atom. The Bertz CT molecular complexity index is 181. The van der Waals surface area contributed by atoms with Crippen molar-refractivity contribution in [3.05, 3.63) is 0 Å². The van der Waals surface area contributed by atoms with Crippen LogP contribution in [0.2, 0.25) is 0 Å². The summed E-state index contributed by atoms with van der Waals surface area (Å²) in [5.41, 5.74) is 0.639. The van der Waals surface area contributed by atoms with Gasteiger partial charge in [0, 0.05) is 18.1 Å². The molecule has 0 saturated carbocycles. The van der Waals surface area contributed by atoms with Gasteiger partial charge in [0.05, 0.1) is 0 Å². The highest BCUT2D eigenvalue weighted by atomic mass is 15.4. The van der Waals surface area contributed by atoms with Crippen LogP contribution in [-0.2, 0) is 0 Å². The fourth-order valence-corrected chi connectivity index (χ4v) is 2.74. The van der Waals surface area contributed by atoms with Gasteiger partial charge in [0.2, 0.25) is 0 Å². The van der Waals surface area contributed by atoms with Gasteiger partial charge in [-0.25, -0.2) is 0 Å². The fourth-order valence-electron chi connectivity index (χ4n) is 2.74. The maximum absolute atomic E-state index is 2.67. The highest BCUT2D eigenvalue weighted by Gasteiger charge is 2.53. The van der Waals surface area contributed by atoms with Gasteiger partial charge in [-0.2, -0.15) is 0 Å². The van der Waals surface area contributed by atoms with Crippen LogP contribution in [0.3, 0.4) is 0 Å². The molecule has 0 radical (unpaired) electrons. The van der Waals surface area contributed by atoms with Crippen LogP contribution in [0.5, 0.6) is 0 Å². The Hall–Kier alpha value is -0.0800. The number of hydrogen-bond donors (Lipinski definition) is 0. The second-order valence-corrected chi connectivity index (χ2v) is 4.88. The second kappa shape index (κ2) is 3.25. The lowest BCUT2D eigenvalue weighted by Gasteiger charge is -2.32. The molecule has 2 aliphatic rings. The third kappa shape index (κ3) is 1.62. The fraction of sp³-hybridized carbons (Fsp3) is 1.00. The van der Waals surface area contributed by atoms with Crippen LogP contribution in [-0.4, -0.2) is 47.6 Å². The summed E-state index contributed by atoms with van der Waals surface area (Å²) in [6, 6.07) is 0.758. The summed E-state index contributed by atoms with van der Waals surface area (Å²) in [6.07, 6.45) is 2.80. The van der Waals surface area contributed by atoms with Crippen molar-refractivity contribution in [3.63, 3.8) is 0 Å². The molecule has 1 spiro atoms. The van der Waals surface area contributed by atoms with Gasteiger partial charge in [0.1, 0.15) is 0 Å². The lowest BCUT2D eigenvalue weighted by molar-refractivity contribution is 0.176. The first kappa shape index (κ1) is 9.47. The minimum absolute atomic E-state index is 0.639. The van der Waals surface area contributed by atoms with Crippen molar-refractivity contribution >= 4 is 0 Å². The van der Waals surface area contributed by atoms with Crippen molar-refractivity contribution in [3.8, 4) is 0 Å². The van der Waals surface area contributed by atoms with Crippen molar-refractivity contribution in [2.45, 2.75) is 45.2 Å². The molecule has 0 bridgehead atoms. The zero-order valence-electron chi connectivity index (χ0n) is 9.21. The van der Waals surface area contributed by atoms with E-state index in [1.54, 1.807) is 0 Å². The molecule has 2 saturated heterocycles. The number of piperidine rings is 1. The molecule has 2 heteroatoms. The molecule has 1 atom stereocenters. The lowest BCUT2D eigenvalue weighted by Crippen LogP contribution is -2.40. The normalized spacial score (nSPS) is 32.8. The predicted octanol–water partition coefficient (Wildman–Crippen LogP) is 1.56. The van der Waals surface area contributed by atoms with Gasteiger partial charge in [-0.15, -0.1) is 0 Å². The Labute approximate surface area is 81.9 Å². The van der Waals surface area contributed by atoms with E-state index in [2.05, 4.69) is 30.6 Å².